The van der Waals surface area contributed by atoms with Gasteiger partial charge in [0.15, 0.2) is 0 Å². The maximum Gasteiger partial charge on any atom is 0.320 e. The number of hydrogen-bond acceptors (Lipinski definition) is 3. The molecule has 0 aromatic carbocycles. The predicted molar refractivity (Wildman–Crippen MR) is 80.0 cm³/mol. The Labute approximate surface area is 124 Å². The molecular weight excluding hydrogens is 276 g/mol. The SMILES string of the molecule is CC(C)C1CCCN1C(=O)N1CCSCC1CC(=O)O. The molecule has 2 atom stereocenters. The third kappa shape index (κ3) is 3.40. The van der Waals surface area contributed by atoms with Gasteiger partial charge in [0.1, 0.15) is 0 Å². The molecule has 2 saturated heterocycles. The summed E-state index contributed by atoms with van der Waals surface area (Å²) in [4.78, 5) is 27.5. The summed E-state index contributed by atoms with van der Waals surface area (Å²) in [5.74, 6) is 1.27. The Balaban J connectivity index is 2.07. The van der Waals surface area contributed by atoms with E-state index in [4.69, 9.17) is 5.11 Å². The molecule has 1 N–H and O–H groups in total. The van der Waals surface area contributed by atoms with Gasteiger partial charge < -0.3 is 14.9 Å². The second-order valence-corrected chi connectivity index (χ2v) is 7.10. The molecule has 0 radical (unpaired) electrons. The number of rotatable bonds is 3. The zero-order chi connectivity index (χ0) is 14.7. The van der Waals surface area contributed by atoms with Crippen LogP contribution in [0.25, 0.3) is 0 Å². The van der Waals surface area contributed by atoms with Gasteiger partial charge >= 0.3 is 12.0 Å². The minimum absolute atomic E-state index is 0.0488. The molecule has 0 aromatic heterocycles. The Morgan fingerprint density at radius 3 is 2.70 bits per heavy atom. The molecule has 2 aliphatic heterocycles. The quantitative estimate of drug-likeness (QED) is 0.867. The van der Waals surface area contributed by atoms with Crippen molar-refractivity contribution in [1.82, 2.24) is 9.80 Å². The van der Waals surface area contributed by atoms with Crippen LogP contribution in [0.4, 0.5) is 4.79 Å². The molecule has 0 aromatic rings. The van der Waals surface area contributed by atoms with E-state index < -0.39 is 5.97 Å². The maximum atomic E-state index is 12.8. The van der Waals surface area contributed by atoms with E-state index in [0.29, 0.717) is 18.5 Å². The Morgan fingerprint density at radius 2 is 2.05 bits per heavy atom. The number of urea groups is 1. The summed E-state index contributed by atoms with van der Waals surface area (Å²) in [7, 11) is 0. The lowest BCUT2D eigenvalue weighted by molar-refractivity contribution is -0.138. The second kappa shape index (κ2) is 6.70. The van der Waals surface area contributed by atoms with Crippen LogP contribution < -0.4 is 0 Å². The van der Waals surface area contributed by atoms with E-state index in [9.17, 15) is 9.59 Å². The monoisotopic (exact) mass is 300 g/mol. The fourth-order valence-corrected chi connectivity index (χ4v) is 4.23. The van der Waals surface area contributed by atoms with Gasteiger partial charge in [-0.15, -0.1) is 0 Å². The summed E-state index contributed by atoms with van der Waals surface area (Å²) in [5, 5.41) is 9.01. The molecule has 20 heavy (non-hydrogen) atoms. The van der Waals surface area contributed by atoms with Gasteiger partial charge in [-0.25, -0.2) is 4.79 Å². The van der Waals surface area contributed by atoms with Gasteiger partial charge in [-0.05, 0) is 18.8 Å². The third-order valence-corrected chi connectivity index (χ3v) is 5.29. The maximum absolute atomic E-state index is 12.8. The van der Waals surface area contributed by atoms with Crippen LogP contribution in [0, 0.1) is 5.92 Å². The van der Waals surface area contributed by atoms with E-state index in [2.05, 4.69) is 13.8 Å². The first-order valence-electron chi connectivity index (χ1n) is 7.37. The van der Waals surface area contributed by atoms with Crippen molar-refractivity contribution >= 4 is 23.8 Å². The van der Waals surface area contributed by atoms with Crippen LogP contribution >= 0.6 is 11.8 Å². The number of amides is 2. The number of likely N-dealkylation sites (tertiary alicyclic amines) is 1. The number of carboxylic acid groups (broad SMARTS) is 1. The van der Waals surface area contributed by atoms with Gasteiger partial charge in [-0.2, -0.15) is 11.8 Å². The smallest absolute Gasteiger partial charge is 0.320 e. The molecule has 0 spiro atoms. The lowest BCUT2D eigenvalue weighted by Gasteiger charge is -2.39. The standard InChI is InChI=1S/C14H24N2O3S/c1-10(2)12-4-3-5-16(12)14(19)15-6-7-20-9-11(15)8-13(17)18/h10-12H,3-9H2,1-2H3,(H,17,18). The van der Waals surface area contributed by atoms with Crippen LogP contribution in [-0.2, 0) is 4.79 Å². The van der Waals surface area contributed by atoms with Crippen molar-refractivity contribution in [3.8, 4) is 0 Å². The molecule has 2 unspecified atom stereocenters. The molecule has 114 valence electrons. The first kappa shape index (κ1) is 15.5. The van der Waals surface area contributed by atoms with E-state index >= 15 is 0 Å². The molecule has 0 bridgehead atoms. The highest BCUT2D eigenvalue weighted by atomic mass is 32.2. The van der Waals surface area contributed by atoms with E-state index in [1.54, 1.807) is 16.7 Å². The van der Waals surface area contributed by atoms with Crippen LogP contribution in [0.5, 0.6) is 0 Å². The van der Waals surface area contributed by atoms with Crippen LogP contribution in [0.2, 0.25) is 0 Å². The molecule has 0 aliphatic carbocycles. The average molecular weight is 300 g/mol. The highest BCUT2D eigenvalue weighted by Gasteiger charge is 2.37. The highest BCUT2D eigenvalue weighted by Crippen LogP contribution is 2.27. The fourth-order valence-electron chi connectivity index (χ4n) is 3.17. The molecule has 5 nitrogen and oxygen atoms in total. The number of aliphatic carboxylic acids is 1. The Kier molecular flexibility index (Phi) is 5.18. The summed E-state index contributed by atoms with van der Waals surface area (Å²) in [6.07, 6.45) is 2.18. The van der Waals surface area contributed by atoms with E-state index in [1.807, 2.05) is 4.90 Å². The largest absolute Gasteiger partial charge is 0.481 e. The van der Waals surface area contributed by atoms with Crippen LogP contribution in [-0.4, -0.2) is 63.6 Å². The molecule has 6 heteroatoms. The number of nitrogens with zero attached hydrogens (tertiary/aromatic N) is 2. The van der Waals surface area contributed by atoms with Crippen LogP contribution in [0.15, 0.2) is 0 Å². The Bertz CT molecular complexity index is 375. The van der Waals surface area contributed by atoms with Crippen molar-refractivity contribution in [2.24, 2.45) is 5.92 Å². The van der Waals surface area contributed by atoms with Crippen molar-refractivity contribution in [1.29, 1.82) is 0 Å². The zero-order valence-electron chi connectivity index (χ0n) is 12.2. The van der Waals surface area contributed by atoms with E-state index in [-0.39, 0.29) is 18.5 Å². The van der Waals surface area contributed by atoms with Gasteiger partial charge in [0.25, 0.3) is 0 Å². The molecule has 2 amide bonds. The van der Waals surface area contributed by atoms with Gasteiger partial charge in [-0.3, -0.25) is 4.79 Å². The van der Waals surface area contributed by atoms with Crippen molar-refractivity contribution in [2.45, 2.75) is 45.2 Å². The van der Waals surface area contributed by atoms with Crippen molar-refractivity contribution < 1.29 is 14.7 Å². The second-order valence-electron chi connectivity index (χ2n) is 5.95. The fraction of sp³-hybridized carbons (Fsp3) is 0.857. The van der Waals surface area contributed by atoms with Gasteiger partial charge in [-0.1, -0.05) is 13.8 Å². The number of hydrogen-bond donors (Lipinski definition) is 1. The summed E-state index contributed by atoms with van der Waals surface area (Å²) in [5.41, 5.74) is 0. The van der Waals surface area contributed by atoms with E-state index in [1.165, 1.54) is 0 Å². The Morgan fingerprint density at radius 1 is 1.30 bits per heavy atom. The van der Waals surface area contributed by atoms with Gasteiger partial charge in [0.2, 0.25) is 0 Å². The molecule has 2 rings (SSSR count). The number of carboxylic acids is 1. The minimum Gasteiger partial charge on any atom is -0.481 e. The third-order valence-electron chi connectivity index (χ3n) is 4.20. The first-order valence-corrected chi connectivity index (χ1v) is 8.53. The topological polar surface area (TPSA) is 60.9 Å². The van der Waals surface area contributed by atoms with E-state index in [0.717, 1.165) is 30.9 Å². The molecule has 2 fully saturated rings. The van der Waals surface area contributed by atoms with Gasteiger partial charge in [0, 0.05) is 30.6 Å². The first-order chi connectivity index (χ1) is 9.50. The van der Waals surface area contributed by atoms with Crippen LogP contribution in [0.3, 0.4) is 0 Å². The lowest BCUT2D eigenvalue weighted by Crippen LogP contribution is -2.54. The van der Waals surface area contributed by atoms with Crippen molar-refractivity contribution in [3.05, 3.63) is 0 Å². The molecule has 2 heterocycles. The predicted octanol–water partition coefficient (Wildman–Crippen LogP) is 2.12. The summed E-state index contributed by atoms with van der Waals surface area (Å²) < 4.78 is 0. The van der Waals surface area contributed by atoms with Crippen molar-refractivity contribution in [2.75, 3.05) is 24.6 Å². The average Bonchev–Trinajstić information content (AvgIpc) is 2.87. The highest BCUT2D eigenvalue weighted by molar-refractivity contribution is 7.99. The lowest BCUT2D eigenvalue weighted by atomic mass is 10.0. The number of thioether (sulfide) groups is 1. The number of carbonyl (C=O) groups excluding carboxylic acids is 1. The molecule has 0 saturated carbocycles. The summed E-state index contributed by atoms with van der Waals surface area (Å²) >= 11 is 1.74. The Hall–Kier alpha value is -0.910. The summed E-state index contributed by atoms with van der Waals surface area (Å²) in [6.45, 7) is 5.78. The normalized spacial score (nSPS) is 27.1. The van der Waals surface area contributed by atoms with Crippen LogP contribution in [0.1, 0.15) is 33.1 Å². The minimum atomic E-state index is -0.822. The number of carbonyl (C=O) groups is 2. The zero-order valence-corrected chi connectivity index (χ0v) is 13.1. The summed E-state index contributed by atoms with van der Waals surface area (Å²) in [6, 6.07) is 0.197. The molecular formula is C14H24N2O3S. The van der Waals surface area contributed by atoms with Gasteiger partial charge in [0.05, 0.1) is 12.5 Å². The molecule has 2 aliphatic rings. The van der Waals surface area contributed by atoms with Crippen molar-refractivity contribution in [3.63, 3.8) is 0 Å².